The molecule has 1 aromatic carbocycles. The summed E-state index contributed by atoms with van der Waals surface area (Å²) in [5, 5.41) is 0.681. The third-order valence-corrected chi connectivity index (χ3v) is 6.17. The Morgan fingerprint density at radius 3 is 2.30 bits per heavy atom. The van der Waals surface area contributed by atoms with Crippen LogP contribution >= 0.6 is 0 Å². The van der Waals surface area contributed by atoms with E-state index in [2.05, 4.69) is 39.8 Å². The fourth-order valence-electron chi connectivity index (χ4n) is 4.12. The van der Waals surface area contributed by atoms with E-state index in [4.69, 9.17) is 18.6 Å². The SMILES string of the molecule is CCCCCCCCCCOc1c(OC(C)C)c2cccc(OC/C=C(\C)CCC=C(C)C)c2oc1=O. The van der Waals surface area contributed by atoms with Crippen molar-refractivity contribution in [1.82, 2.24) is 0 Å². The molecule has 2 rings (SSSR count). The predicted molar refractivity (Wildman–Crippen MR) is 154 cm³/mol. The molecule has 0 fully saturated rings. The van der Waals surface area contributed by atoms with Gasteiger partial charge in [0.25, 0.3) is 0 Å². The summed E-state index contributed by atoms with van der Waals surface area (Å²) in [5.41, 5.74) is 2.44. The number of hydrogen-bond donors (Lipinski definition) is 0. The summed E-state index contributed by atoms with van der Waals surface area (Å²) in [5.74, 6) is 1.10. The lowest BCUT2D eigenvalue weighted by Gasteiger charge is -2.17. The molecule has 0 spiro atoms. The molecule has 0 bridgehead atoms. The second-order valence-corrected chi connectivity index (χ2v) is 10.4. The Morgan fingerprint density at radius 2 is 1.62 bits per heavy atom. The van der Waals surface area contributed by atoms with Crippen molar-refractivity contribution in [2.75, 3.05) is 13.2 Å². The Balaban J connectivity index is 2.09. The molecule has 0 aliphatic carbocycles. The minimum absolute atomic E-state index is 0.119. The average molecular weight is 513 g/mol. The second kappa shape index (κ2) is 16.9. The largest absolute Gasteiger partial charge is 0.486 e. The quantitative estimate of drug-likeness (QED) is 0.113. The highest BCUT2D eigenvalue weighted by Crippen LogP contribution is 2.37. The van der Waals surface area contributed by atoms with Crippen LogP contribution in [0.5, 0.6) is 17.2 Å². The minimum Gasteiger partial charge on any atom is -0.486 e. The molecule has 0 unspecified atom stereocenters. The maximum Gasteiger partial charge on any atom is 0.383 e. The Bertz CT molecular complexity index is 1060. The number of fused-ring (bicyclic) bond motifs is 1. The molecule has 0 amide bonds. The first-order chi connectivity index (χ1) is 17.8. The van der Waals surface area contributed by atoms with E-state index in [1.54, 1.807) is 0 Å². The van der Waals surface area contributed by atoms with Crippen molar-refractivity contribution in [1.29, 1.82) is 0 Å². The van der Waals surface area contributed by atoms with Crippen molar-refractivity contribution in [2.45, 2.75) is 112 Å². The van der Waals surface area contributed by atoms with Crippen molar-refractivity contribution in [3.05, 3.63) is 51.9 Å². The van der Waals surface area contributed by atoms with E-state index >= 15 is 0 Å². The molecular formula is C32H48O5. The van der Waals surface area contributed by atoms with E-state index in [1.807, 2.05) is 32.0 Å². The van der Waals surface area contributed by atoms with Gasteiger partial charge in [0.2, 0.25) is 5.75 Å². The van der Waals surface area contributed by atoms with E-state index in [-0.39, 0.29) is 11.9 Å². The zero-order chi connectivity index (χ0) is 27.0. The fraction of sp³-hybridized carbons (Fsp3) is 0.594. The molecule has 0 saturated heterocycles. The van der Waals surface area contributed by atoms with Crippen molar-refractivity contribution in [3.63, 3.8) is 0 Å². The van der Waals surface area contributed by atoms with Crippen molar-refractivity contribution < 1.29 is 18.6 Å². The second-order valence-electron chi connectivity index (χ2n) is 10.4. The Kier molecular flexibility index (Phi) is 14.0. The van der Waals surface area contributed by atoms with Crippen LogP contribution in [0.15, 0.2) is 50.7 Å². The Morgan fingerprint density at radius 1 is 0.919 bits per heavy atom. The highest BCUT2D eigenvalue weighted by atomic mass is 16.5. The molecular weight excluding hydrogens is 464 g/mol. The summed E-state index contributed by atoms with van der Waals surface area (Å²) >= 11 is 0. The zero-order valence-electron chi connectivity index (χ0n) is 24.0. The normalized spacial score (nSPS) is 11.7. The Hall–Kier alpha value is -2.69. The van der Waals surface area contributed by atoms with Crippen molar-refractivity contribution >= 4 is 11.0 Å². The van der Waals surface area contributed by atoms with Gasteiger partial charge in [-0.2, -0.15) is 0 Å². The highest BCUT2D eigenvalue weighted by Gasteiger charge is 2.21. The number of ether oxygens (including phenoxy) is 3. The van der Waals surface area contributed by atoms with E-state index < -0.39 is 5.63 Å². The summed E-state index contributed by atoms with van der Waals surface area (Å²) < 4.78 is 23.7. The van der Waals surface area contributed by atoms with E-state index in [9.17, 15) is 4.79 Å². The average Bonchev–Trinajstić information content (AvgIpc) is 2.84. The van der Waals surface area contributed by atoms with Gasteiger partial charge in [-0.15, -0.1) is 0 Å². The van der Waals surface area contributed by atoms with Crippen LogP contribution in [-0.2, 0) is 0 Å². The smallest absolute Gasteiger partial charge is 0.383 e. The van der Waals surface area contributed by atoms with Gasteiger partial charge in [-0.25, -0.2) is 4.79 Å². The lowest BCUT2D eigenvalue weighted by Crippen LogP contribution is -2.14. The van der Waals surface area contributed by atoms with Crippen LogP contribution in [0.3, 0.4) is 0 Å². The van der Waals surface area contributed by atoms with E-state index in [0.29, 0.717) is 35.7 Å². The third-order valence-electron chi connectivity index (χ3n) is 6.17. The van der Waals surface area contributed by atoms with Crippen LogP contribution in [0, 0.1) is 0 Å². The molecule has 1 heterocycles. The molecule has 0 atom stereocenters. The van der Waals surface area contributed by atoms with Gasteiger partial charge in [0, 0.05) is 0 Å². The van der Waals surface area contributed by atoms with Gasteiger partial charge < -0.3 is 18.6 Å². The first-order valence-electron chi connectivity index (χ1n) is 14.1. The van der Waals surface area contributed by atoms with Crippen LogP contribution in [-0.4, -0.2) is 19.3 Å². The number of hydrogen-bond acceptors (Lipinski definition) is 5. The zero-order valence-corrected chi connectivity index (χ0v) is 24.0. The topological polar surface area (TPSA) is 57.9 Å². The number of para-hydroxylation sites is 1. The highest BCUT2D eigenvalue weighted by molar-refractivity contribution is 5.89. The number of benzene rings is 1. The molecule has 206 valence electrons. The summed E-state index contributed by atoms with van der Waals surface area (Å²) in [6.07, 6.45) is 15.8. The molecule has 0 aliphatic heterocycles. The first-order valence-corrected chi connectivity index (χ1v) is 14.1. The molecule has 37 heavy (non-hydrogen) atoms. The van der Waals surface area contributed by atoms with Crippen molar-refractivity contribution in [2.24, 2.45) is 0 Å². The third kappa shape index (κ3) is 11.1. The minimum atomic E-state index is -0.535. The van der Waals surface area contributed by atoms with Gasteiger partial charge >= 0.3 is 5.63 Å². The van der Waals surface area contributed by atoms with Gasteiger partial charge in [-0.05, 0) is 72.1 Å². The van der Waals surface area contributed by atoms with Crippen LogP contribution < -0.4 is 19.8 Å². The molecule has 1 aromatic heterocycles. The molecule has 2 aromatic rings. The summed E-state index contributed by atoms with van der Waals surface area (Å²) in [7, 11) is 0. The van der Waals surface area contributed by atoms with Gasteiger partial charge in [0.1, 0.15) is 6.61 Å². The van der Waals surface area contributed by atoms with Crippen LogP contribution in [0.4, 0.5) is 0 Å². The summed E-state index contributed by atoms with van der Waals surface area (Å²) in [6, 6.07) is 5.59. The monoisotopic (exact) mass is 512 g/mol. The van der Waals surface area contributed by atoms with E-state index in [0.717, 1.165) is 25.7 Å². The number of rotatable bonds is 18. The number of unbranched alkanes of at least 4 members (excludes halogenated alkanes) is 7. The van der Waals surface area contributed by atoms with E-state index in [1.165, 1.54) is 49.7 Å². The molecule has 0 saturated carbocycles. The van der Waals surface area contributed by atoms with Crippen LogP contribution in [0.2, 0.25) is 0 Å². The lowest BCUT2D eigenvalue weighted by molar-refractivity contribution is 0.216. The molecule has 0 radical (unpaired) electrons. The van der Waals surface area contributed by atoms with Crippen LogP contribution in [0.25, 0.3) is 11.0 Å². The summed E-state index contributed by atoms with van der Waals surface area (Å²) in [6.45, 7) is 13.3. The Labute approximate surface area is 223 Å². The fourth-order valence-corrected chi connectivity index (χ4v) is 4.12. The maximum atomic E-state index is 13.0. The van der Waals surface area contributed by atoms with Crippen LogP contribution in [0.1, 0.15) is 106 Å². The summed E-state index contributed by atoms with van der Waals surface area (Å²) in [4.78, 5) is 13.0. The maximum absolute atomic E-state index is 13.0. The standard InChI is InChI=1S/C32H48O5/c1-7-8-9-10-11-12-13-14-22-35-31-30(36-25(4)5)27-19-16-20-28(29(27)37-32(31)33)34-23-21-26(6)18-15-17-24(2)3/h16-17,19-21,25H,7-15,18,22-23H2,1-6H3/b26-21+. The van der Waals surface area contributed by atoms with Crippen molar-refractivity contribution in [3.8, 4) is 17.2 Å². The number of allylic oxidation sites excluding steroid dienone is 3. The van der Waals surface area contributed by atoms with Gasteiger partial charge in [-0.1, -0.05) is 75.2 Å². The van der Waals surface area contributed by atoms with Gasteiger partial charge in [0.15, 0.2) is 17.1 Å². The molecule has 0 aliphatic rings. The predicted octanol–water partition coefficient (Wildman–Crippen LogP) is 9.17. The molecule has 5 nitrogen and oxygen atoms in total. The molecule has 0 N–H and O–H groups in total. The van der Waals surface area contributed by atoms with Gasteiger partial charge in [-0.3, -0.25) is 0 Å². The molecule has 5 heteroatoms. The van der Waals surface area contributed by atoms with Gasteiger partial charge in [0.05, 0.1) is 18.1 Å². The lowest BCUT2D eigenvalue weighted by atomic mass is 10.1. The first kappa shape index (κ1) is 30.5.